The lowest BCUT2D eigenvalue weighted by atomic mass is 10.1. The average Bonchev–Trinajstić information content (AvgIpc) is 0.812. The summed E-state index contributed by atoms with van der Waals surface area (Å²) in [5.41, 5.74) is 3.52. The van der Waals surface area contributed by atoms with Crippen LogP contribution in [0.2, 0.25) is 0 Å². The molecule has 1 aromatic heterocycles. The zero-order valence-corrected chi connectivity index (χ0v) is 65.8. The predicted molar refractivity (Wildman–Crippen MR) is 430 cm³/mol. The van der Waals surface area contributed by atoms with Crippen LogP contribution in [0.1, 0.15) is 394 Å². The van der Waals surface area contributed by atoms with E-state index in [0.29, 0.717) is 98.3 Å². The fourth-order valence-electron chi connectivity index (χ4n) is 13.3. The third-order valence-electron chi connectivity index (χ3n) is 19.7. The number of unbranched alkanes of at least 4 members (excludes halogenated alkanes) is 48. The van der Waals surface area contributed by atoms with Gasteiger partial charge in [-0.15, -0.1) is 0 Å². The van der Waals surface area contributed by atoms with Crippen molar-refractivity contribution in [3.63, 3.8) is 0 Å². The molecule has 0 unspecified atom stereocenters. The minimum atomic E-state index is 0.386. The molecule has 11 nitrogen and oxygen atoms in total. The fraction of sp³-hybridized carbons (Fsp3) is 0.753. The second-order valence-electron chi connectivity index (χ2n) is 29.2. The third kappa shape index (κ3) is 43.2. The minimum absolute atomic E-state index is 0.386. The number of hydrogen-bond donors (Lipinski definition) is 2. The number of rotatable bonds is 72. The van der Waals surface area contributed by atoms with Crippen LogP contribution in [0, 0.1) is 6.92 Å². The van der Waals surface area contributed by atoms with Crippen LogP contribution in [0.5, 0.6) is 34.5 Å². The van der Waals surface area contributed by atoms with E-state index >= 15 is 0 Å². The molecule has 0 amide bonds. The first-order chi connectivity index (χ1) is 49.5. The molecular formula is C89H152N5O6. The smallest absolute Gasteiger partial charge is 0.232 e. The maximum Gasteiger partial charge on any atom is 0.232 e. The minimum Gasteiger partial charge on any atom is -0.489 e. The lowest BCUT2D eigenvalue weighted by Gasteiger charge is -2.20. The lowest BCUT2D eigenvalue weighted by Crippen LogP contribution is -2.09. The van der Waals surface area contributed by atoms with Gasteiger partial charge in [0.05, 0.1) is 39.6 Å². The molecule has 0 aliphatic heterocycles. The maximum absolute atomic E-state index is 6.86. The number of nitrogens with one attached hydrogen (secondary N) is 2. The van der Waals surface area contributed by atoms with E-state index in [0.717, 1.165) is 99.6 Å². The van der Waals surface area contributed by atoms with Gasteiger partial charge in [0.25, 0.3) is 0 Å². The Morgan fingerprint density at radius 1 is 0.260 bits per heavy atom. The van der Waals surface area contributed by atoms with E-state index in [1.165, 1.54) is 270 Å². The van der Waals surface area contributed by atoms with Crippen molar-refractivity contribution in [2.75, 3.05) is 50.3 Å². The van der Waals surface area contributed by atoms with Crippen LogP contribution >= 0.6 is 0 Å². The van der Waals surface area contributed by atoms with Gasteiger partial charge >= 0.3 is 0 Å². The Morgan fingerprint density at radius 2 is 0.470 bits per heavy atom. The van der Waals surface area contributed by atoms with E-state index in [-0.39, 0.29) is 0 Å². The summed E-state index contributed by atoms with van der Waals surface area (Å²) in [6, 6.07) is 16.6. The molecule has 11 heteroatoms. The van der Waals surface area contributed by atoms with Crippen LogP contribution in [0.3, 0.4) is 0 Å². The third-order valence-corrected chi connectivity index (χ3v) is 19.7. The molecule has 3 aromatic carbocycles. The van der Waals surface area contributed by atoms with Crippen molar-refractivity contribution in [3.8, 4) is 45.9 Å². The highest BCUT2D eigenvalue weighted by atomic mass is 16.5. The number of ether oxygens (including phenoxy) is 6. The molecule has 0 fully saturated rings. The van der Waals surface area contributed by atoms with Crippen molar-refractivity contribution in [2.45, 2.75) is 395 Å². The predicted octanol–water partition coefficient (Wildman–Crippen LogP) is 28.9. The molecule has 4 rings (SSSR count). The SMILES string of the molecule is [CH2]Cc1ccc(-c2nc(Nc3cc(OCCCCCCCCCCC)c(OCCCCCCCCCCC)c(OCCCCCCCCCCC)c3)nc(Nc3cc(OCCCCCCCCCCC)c(OCCCCCCCCCCC)c(OCCCCCCCCCCC)c3)n2)cc1. The van der Waals surface area contributed by atoms with Gasteiger partial charge in [-0.25, -0.2) is 0 Å². The summed E-state index contributed by atoms with van der Waals surface area (Å²) in [6.45, 7) is 21.5. The Morgan fingerprint density at radius 3 is 0.690 bits per heavy atom. The molecule has 0 saturated heterocycles. The quantitative estimate of drug-likeness (QED) is 0.0412. The monoisotopic (exact) mass is 1390 g/mol. The highest BCUT2D eigenvalue weighted by Gasteiger charge is 2.21. The maximum atomic E-state index is 6.86. The van der Waals surface area contributed by atoms with Crippen LogP contribution in [-0.2, 0) is 6.42 Å². The van der Waals surface area contributed by atoms with Gasteiger partial charge in [-0.1, -0.05) is 374 Å². The second-order valence-corrected chi connectivity index (χ2v) is 29.2. The summed E-state index contributed by atoms with van der Waals surface area (Å²) >= 11 is 0. The van der Waals surface area contributed by atoms with Gasteiger partial charge in [-0.3, -0.25) is 0 Å². The van der Waals surface area contributed by atoms with Crippen molar-refractivity contribution < 1.29 is 28.4 Å². The van der Waals surface area contributed by atoms with Gasteiger partial charge in [0.15, 0.2) is 28.8 Å². The molecule has 0 bridgehead atoms. The van der Waals surface area contributed by atoms with Crippen LogP contribution in [0.15, 0.2) is 48.5 Å². The topological polar surface area (TPSA) is 118 Å². The number of nitrogens with zero attached hydrogens (tertiary/aromatic N) is 3. The molecule has 1 radical (unpaired) electrons. The number of hydrogen-bond acceptors (Lipinski definition) is 11. The zero-order valence-electron chi connectivity index (χ0n) is 65.8. The molecule has 4 aromatic rings. The largest absolute Gasteiger partial charge is 0.489 e. The van der Waals surface area contributed by atoms with Crippen LogP contribution in [0.4, 0.5) is 23.3 Å². The van der Waals surface area contributed by atoms with Crippen LogP contribution in [-0.4, -0.2) is 54.6 Å². The summed E-state index contributed by atoms with van der Waals surface area (Å²) in [4.78, 5) is 15.5. The van der Waals surface area contributed by atoms with Crippen molar-refractivity contribution in [2.24, 2.45) is 0 Å². The van der Waals surface area contributed by atoms with Gasteiger partial charge in [0.1, 0.15) is 0 Å². The van der Waals surface area contributed by atoms with E-state index in [1.807, 2.05) is 0 Å². The summed E-state index contributed by atoms with van der Waals surface area (Å²) in [5, 5.41) is 7.34. The molecule has 0 aliphatic carbocycles. The second kappa shape index (κ2) is 62.6. The van der Waals surface area contributed by atoms with Gasteiger partial charge < -0.3 is 39.1 Å². The van der Waals surface area contributed by atoms with Gasteiger partial charge in [-0.05, 0) is 57.4 Å². The Hall–Kier alpha value is -4.93. The Bertz CT molecular complexity index is 2270. The van der Waals surface area contributed by atoms with Gasteiger partial charge in [-0.2, -0.15) is 15.0 Å². The Labute approximate surface area is 615 Å². The summed E-state index contributed by atoms with van der Waals surface area (Å²) in [7, 11) is 0. The lowest BCUT2D eigenvalue weighted by molar-refractivity contribution is 0.234. The first-order valence-electron chi connectivity index (χ1n) is 42.8. The highest BCUT2D eigenvalue weighted by Crippen LogP contribution is 2.44. The van der Waals surface area contributed by atoms with E-state index in [9.17, 15) is 0 Å². The molecule has 0 aliphatic rings. The molecule has 2 N–H and O–H groups in total. The summed E-state index contributed by atoms with van der Waals surface area (Å²) < 4.78 is 41.1. The molecule has 569 valence electrons. The first kappa shape index (κ1) is 87.5. The van der Waals surface area contributed by atoms with Gasteiger partial charge in [0, 0.05) is 41.2 Å². The molecule has 0 spiro atoms. The van der Waals surface area contributed by atoms with E-state index in [1.54, 1.807) is 0 Å². The Balaban J connectivity index is 1.75. The molecular weight excluding hydrogens is 1240 g/mol. The van der Waals surface area contributed by atoms with Gasteiger partial charge in [0.2, 0.25) is 23.4 Å². The molecule has 0 atom stereocenters. The summed E-state index contributed by atoms with van der Waals surface area (Å²) in [5.74, 6) is 5.42. The van der Waals surface area contributed by atoms with Crippen molar-refractivity contribution >= 4 is 23.3 Å². The van der Waals surface area contributed by atoms with E-state index < -0.39 is 0 Å². The first-order valence-corrected chi connectivity index (χ1v) is 42.8. The molecule has 0 saturated carbocycles. The van der Waals surface area contributed by atoms with E-state index in [4.69, 9.17) is 43.4 Å². The molecule has 1 heterocycles. The van der Waals surface area contributed by atoms with Crippen molar-refractivity contribution in [1.29, 1.82) is 0 Å². The number of benzene rings is 3. The highest BCUT2D eigenvalue weighted by molar-refractivity contribution is 5.70. The van der Waals surface area contributed by atoms with E-state index in [2.05, 4.69) is 108 Å². The zero-order chi connectivity index (χ0) is 71.1. The summed E-state index contributed by atoms with van der Waals surface area (Å²) in [6.07, 6.45) is 68.1. The average molecular weight is 1390 g/mol. The standard InChI is InChI=1S/C89H152N5O6/c1-8-15-21-27-33-39-45-51-57-67-95-81-73-79(74-82(96-68-58-52-46-40-34-28-22-16-9-2)85(81)99-71-61-55-49-43-37-31-25-19-12-5)90-88-92-87(78-65-63-77(14-7)64-66-78)93-89(94-88)91-80-75-83(97-69-59-53-47-41-35-29-23-17-10-3)86(100-72-62-56-50-44-38-32-26-20-13-6)84(76-80)98-70-60-54-48-42-36-30-24-18-11-4/h63-66,73-76H,7-62,67-72H2,1-6H3,(H2,90,91,92,93,94). The number of aromatic nitrogens is 3. The van der Waals surface area contributed by atoms with Crippen LogP contribution < -0.4 is 39.1 Å². The van der Waals surface area contributed by atoms with Crippen molar-refractivity contribution in [3.05, 3.63) is 61.0 Å². The Kier molecular flexibility index (Phi) is 54.8. The van der Waals surface area contributed by atoms with Crippen molar-refractivity contribution in [1.82, 2.24) is 15.0 Å². The van der Waals surface area contributed by atoms with Crippen LogP contribution in [0.25, 0.3) is 11.4 Å². The molecule has 100 heavy (non-hydrogen) atoms. The number of anilines is 4. The normalized spacial score (nSPS) is 11.4. The fourth-order valence-corrected chi connectivity index (χ4v) is 13.3.